The average molecular weight is 691 g/mol. The molecule has 11 nitrogen and oxygen atoms in total. The molecule has 3 N–H and O–H groups in total. The first kappa shape index (κ1) is 32.2. The Morgan fingerprint density at radius 3 is 2.66 bits per heavy atom. The van der Waals surface area contributed by atoms with Crippen LogP contribution in [-0.4, -0.2) is 63.0 Å². The molecule has 2 aromatic carbocycles. The minimum atomic E-state index is -0.217. The van der Waals surface area contributed by atoms with Gasteiger partial charge in [-0.2, -0.15) is 5.10 Å². The van der Waals surface area contributed by atoms with Gasteiger partial charge >= 0.3 is 6.03 Å². The maximum atomic E-state index is 13.1. The fourth-order valence-electron chi connectivity index (χ4n) is 8.09. The van der Waals surface area contributed by atoms with E-state index in [0.29, 0.717) is 28.7 Å². The number of carbonyl (C=O) groups is 1. The van der Waals surface area contributed by atoms with Gasteiger partial charge in [0.05, 0.1) is 34.9 Å². The molecule has 1 spiro atoms. The van der Waals surface area contributed by atoms with Crippen LogP contribution in [0, 0.1) is 13.8 Å². The number of carbonyl (C=O) groups excluding carboxylic acids is 1. The number of ether oxygens (including phenoxy) is 1. The van der Waals surface area contributed by atoms with Gasteiger partial charge in [-0.05, 0) is 74.4 Å². The van der Waals surface area contributed by atoms with E-state index in [1.165, 1.54) is 10.2 Å². The van der Waals surface area contributed by atoms with Crippen LogP contribution in [0.1, 0.15) is 47.7 Å². The highest BCUT2D eigenvalue weighted by molar-refractivity contribution is 6.36. The zero-order valence-electron chi connectivity index (χ0n) is 28.6. The Labute approximate surface area is 295 Å². The molecule has 3 aliphatic rings. The Bertz CT molecular complexity index is 2250. The summed E-state index contributed by atoms with van der Waals surface area (Å²) in [6.45, 7) is 6.37. The van der Waals surface area contributed by atoms with Gasteiger partial charge in [0, 0.05) is 66.2 Å². The fourth-order valence-corrected chi connectivity index (χ4v) is 8.41. The summed E-state index contributed by atoms with van der Waals surface area (Å²) in [5, 5.41) is 15.5. The molecule has 2 aliphatic heterocycles. The maximum absolute atomic E-state index is 13.1. The molecule has 2 atom stereocenters. The van der Waals surface area contributed by atoms with E-state index in [4.69, 9.17) is 26.3 Å². The predicted molar refractivity (Wildman–Crippen MR) is 195 cm³/mol. The lowest BCUT2D eigenvalue weighted by atomic mass is 9.93. The average Bonchev–Trinajstić information content (AvgIpc) is 3.71. The number of anilines is 2. The van der Waals surface area contributed by atoms with Crippen LogP contribution >= 0.6 is 11.6 Å². The van der Waals surface area contributed by atoms with Crippen molar-refractivity contribution in [2.75, 3.05) is 32.1 Å². The molecule has 5 heterocycles. The molecule has 3 aromatic heterocycles. The Morgan fingerprint density at radius 2 is 1.84 bits per heavy atom. The number of hydrogen-bond donors (Lipinski definition) is 3. The van der Waals surface area contributed by atoms with Crippen molar-refractivity contribution >= 4 is 39.9 Å². The van der Waals surface area contributed by atoms with Crippen molar-refractivity contribution < 1.29 is 9.53 Å². The number of nitrogens with one attached hydrogen (secondary N) is 3. The number of fused-ring (bicyclic) bond motifs is 2. The highest BCUT2D eigenvalue weighted by Crippen LogP contribution is 2.46. The number of aromatic nitrogens is 4. The first-order valence-corrected chi connectivity index (χ1v) is 17.4. The molecule has 50 heavy (non-hydrogen) atoms. The lowest BCUT2D eigenvalue weighted by Crippen LogP contribution is -2.59. The fraction of sp³-hybridized carbons (Fsp3) is 0.342. The molecule has 256 valence electrons. The first-order chi connectivity index (χ1) is 24.1. The van der Waals surface area contributed by atoms with Crippen LogP contribution in [0.3, 0.4) is 0 Å². The van der Waals surface area contributed by atoms with Crippen LogP contribution in [0.5, 0.6) is 5.88 Å². The third-order valence-electron chi connectivity index (χ3n) is 10.6. The number of halogens is 1. The number of rotatable bonds is 6. The van der Waals surface area contributed by atoms with Crippen LogP contribution < -0.4 is 26.2 Å². The van der Waals surface area contributed by atoms with Gasteiger partial charge in [-0.25, -0.2) is 19.4 Å². The molecule has 1 aliphatic carbocycles. The quantitative estimate of drug-likeness (QED) is 0.192. The van der Waals surface area contributed by atoms with E-state index in [9.17, 15) is 9.59 Å². The lowest BCUT2D eigenvalue weighted by molar-refractivity contribution is 0.187. The third kappa shape index (κ3) is 5.45. The van der Waals surface area contributed by atoms with Crippen LogP contribution in [-0.2, 0) is 13.5 Å². The summed E-state index contributed by atoms with van der Waals surface area (Å²) in [4.78, 5) is 37.5. The van der Waals surface area contributed by atoms with Crippen molar-refractivity contribution in [3.63, 3.8) is 0 Å². The Morgan fingerprint density at radius 1 is 1.04 bits per heavy atom. The van der Waals surface area contributed by atoms with E-state index >= 15 is 0 Å². The molecule has 2 saturated heterocycles. The number of likely N-dealkylation sites (tertiary alicyclic amines) is 1. The van der Waals surface area contributed by atoms with E-state index in [2.05, 4.69) is 32.0 Å². The van der Waals surface area contributed by atoms with Gasteiger partial charge in [0.15, 0.2) is 0 Å². The maximum Gasteiger partial charge on any atom is 0.315 e. The highest BCUT2D eigenvalue weighted by atomic mass is 35.5. The van der Waals surface area contributed by atoms with Crippen LogP contribution in [0.25, 0.3) is 33.2 Å². The van der Waals surface area contributed by atoms with Gasteiger partial charge in [0.2, 0.25) is 5.88 Å². The Balaban J connectivity index is 1.12. The topological polar surface area (TPSA) is 126 Å². The number of pyridine rings is 2. The van der Waals surface area contributed by atoms with Crippen LogP contribution in [0.4, 0.5) is 16.3 Å². The summed E-state index contributed by atoms with van der Waals surface area (Å²) in [5.74, 6) is 1.11. The summed E-state index contributed by atoms with van der Waals surface area (Å²) in [5.41, 5.74) is 7.94. The van der Waals surface area contributed by atoms with E-state index in [-0.39, 0.29) is 23.2 Å². The largest absolute Gasteiger partial charge is 0.481 e. The minimum absolute atomic E-state index is 0.0760. The molecule has 8 rings (SSSR count). The molecule has 0 saturated carbocycles. The van der Waals surface area contributed by atoms with Gasteiger partial charge in [-0.1, -0.05) is 41.9 Å². The second kappa shape index (κ2) is 12.4. The third-order valence-corrected chi connectivity index (χ3v) is 11.0. The molecule has 0 bridgehead atoms. The Hall–Kier alpha value is -5.00. The zero-order chi connectivity index (χ0) is 34.7. The number of hydrogen-bond acceptors (Lipinski definition) is 8. The normalized spacial score (nSPS) is 20.2. The monoisotopic (exact) mass is 690 g/mol. The van der Waals surface area contributed by atoms with Gasteiger partial charge in [-0.3, -0.25) is 9.69 Å². The predicted octanol–water partition coefficient (Wildman–Crippen LogP) is 6.21. The summed E-state index contributed by atoms with van der Waals surface area (Å²) < 4.78 is 7.28. The second-order valence-electron chi connectivity index (χ2n) is 13.7. The zero-order valence-corrected chi connectivity index (χ0v) is 29.3. The molecular weight excluding hydrogens is 652 g/mol. The van der Waals surface area contributed by atoms with E-state index in [0.717, 1.165) is 89.1 Å². The van der Waals surface area contributed by atoms with E-state index < -0.39 is 0 Å². The summed E-state index contributed by atoms with van der Waals surface area (Å²) in [6, 6.07) is 16.1. The van der Waals surface area contributed by atoms with Gasteiger partial charge in [0.25, 0.3) is 5.56 Å². The van der Waals surface area contributed by atoms with Crippen molar-refractivity contribution in [1.82, 2.24) is 35.3 Å². The highest BCUT2D eigenvalue weighted by Gasteiger charge is 2.45. The van der Waals surface area contributed by atoms with Crippen molar-refractivity contribution in [3.05, 3.63) is 92.5 Å². The SMILES string of the molecule is COc1nc(-c2cccc(-c3cccc(Nc4nc(C)cc5cnn(C)c(=O)c45)c3C)c2Cl)cc2c1C(N1CCC3(CCNC(=O)N3)C1)CC2. The van der Waals surface area contributed by atoms with Crippen LogP contribution in [0.2, 0.25) is 5.02 Å². The number of aryl methyl sites for hydroxylation is 3. The number of methoxy groups -OCH3 is 1. The molecular formula is C38H39ClN8O3. The number of urea groups is 1. The summed E-state index contributed by atoms with van der Waals surface area (Å²) in [6.07, 6.45) is 5.43. The minimum Gasteiger partial charge on any atom is -0.481 e. The first-order valence-electron chi connectivity index (χ1n) is 17.0. The summed E-state index contributed by atoms with van der Waals surface area (Å²) in [7, 11) is 3.31. The van der Waals surface area contributed by atoms with Gasteiger partial charge < -0.3 is 20.7 Å². The van der Waals surface area contributed by atoms with Crippen molar-refractivity contribution in [3.8, 4) is 28.3 Å². The number of amides is 2. The van der Waals surface area contributed by atoms with Crippen molar-refractivity contribution in [1.29, 1.82) is 0 Å². The standard InChI is InChI=1S/C38H39ClN8O3/c1-21-17-24-19-41-46(3)36(48)32(24)34(42-21)43-28-10-6-7-25(22(28)2)26-8-5-9-27(33(26)39)29-18-23-11-12-30(31(23)35(44-29)50-4)47-16-14-38(20-47)13-15-40-37(49)45-38/h5-10,17-19,30H,11-16,20H2,1-4H3,(H,42,43)(H2,40,45,49). The van der Waals surface area contributed by atoms with Crippen molar-refractivity contribution in [2.24, 2.45) is 7.05 Å². The second-order valence-corrected chi connectivity index (χ2v) is 14.1. The Kier molecular flexibility index (Phi) is 7.99. The molecule has 2 amide bonds. The summed E-state index contributed by atoms with van der Waals surface area (Å²) >= 11 is 7.26. The molecule has 2 unspecified atom stereocenters. The lowest BCUT2D eigenvalue weighted by Gasteiger charge is -2.36. The van der Waals surface area contributed by atoms with Gasteiger partial charge in [0.1, 0.15) is 5.82 Å². The molecule has 0 radical (unpaired) electrons. The van der Waals surface area contributed by atoms with Crippen molar-refractivity contribution in [2.45, 2.75) is 51.1 Å². The number of benzene rings is 2. The molecule has 12 heteroatoms. The van der Waals surface area contributed by atoms with Crippen LogP contribution in [0.15, 0.2) is 59.5 Å². The molecule has 2 fully saturated rings. The van der Waals surface area contributed by atoms with E-state index in [1.54, 1.807) is 20.4 Å². The van der Waals surface area contributed by atoms with E-state index in [1.807, 2.05) is 56.3 Å². The smallest absolute Gasteiger partial charge is 0.315 e. The molecule has 5 aromatic rings. The number of nitrogens with zero attached hydrogens (tertiary/aromatic N) is 5. The van der Waals surface area contributed by atoms with Gasteiger partial charge in [-0.15, -0.1) is 0 Å².